The molecule has 4 heteroatoms. The molecule has 0 N–H and O–H groups in total. The van der Waals surface area contributed by atoms with Crippen LogP contribution in [0, 0.1) is 5.92 Å². The van der Waals surface area contributed by atoms with Gasteiger partial charge in [0.1, 0.15) is 5.82 Å². The van der Waals surface area contributed by atoms with Crippen molar-refractivity contribution >= 4 is 37.7 Å². The van der Waals surface area contributed by atoms with Gasteiger partial charge in [-0.15, -0.1) is 0 Å². The Balaban J connectivity index is 2.20. The summed E-state index contributed by atoms with van der Waals surface area (Å²) in [5.41, 5.74) is 0. The third kappa shape index (κ3) is 2.53. The molecule has 15 heavy (non-hydrogen) atoms. The highest BCUT2D eigenvalue weighted by Crippen LogP contribution is 2.37. The summed E-state index contributed by atoms with van der Waals surface area (Å²) in [7, 11) is 2.12. The molecular formula is C11H14Br2N2. The highest BCUT2D eigenvalue weighted by Gasteiger charge is 2.31. The highest BCUT2D eigenvalue weighted by atomic mass is 79.9. The molecule has 1 atom stereocenters. The lowest BCUT2D eigenvalue weighted by Gasteiger charge is -2.26. The first-order chi connectivity index (χ1) is 7.09. The molecule has 82 valence electrons. The fourth-order valence-electron chi connectivity index (χ4n) is 1.75. The normalized spacial score (nSPS) is 17.6. The van der Waals surface area contributed by atoms with Crippen molar-refractivity contribution in [3.63, 3.8) is 0 Å². The lowest BCUT2D eigenvalue weighted by molar-refractivity contribution is 0.603. The van der Waals surface area contributed by atoms with E-state index in [4.69, 9.17) is 0 Å². The van der Waals surface area contributed by atoms with Gasteiger partial charge in [-0.3, -0.25) is 0 Å². The monoisotopic (exact) mass is 332 g/mol. The maximum Gasteiger partial charge on any atom is 0.142 e. The first-order valence-electron chi connectivity index (χ1n) is 5.13. The van der Waals surface area contributed by atoms with E-state index in [2.05, 4.69) is 55.7 Å². The molecule has 0 aliphatic heterocycles. The second-order valence-electron chi connectivity index (χ2n) is 4.15. The Bertz CT molecular complexity index is 364. The van der Waals surface area contributed by atoms with Crippen molar-refractivity contribution in [2.24, 2.45) is 5.92 Å². The lowest BCUT2D eigenvalue weighted by atomic mass is 10.2. The SMILES string of the molecule is CC(C1CC1)N(C)c1ncc(Br)cc1Br. The highest BCUT2D eigenvalue weighted by molar-refractivity contribution is 9.11. The van der Waals surface area contributed by atoms with Crippen molar-refractivity contribution < 1.29 is 0 Å². The van der Waals surface area contributed by atoms with Gasteiger partial charge < -0.3 is 4.90 Å². The quantitative estimate of drug-likeness (QED) is 0.835. The van der Waals surface area contributed by atoms with Crippen molar-refractivity contribution in [3.8, 4) is 0 Å². The third-order valence-electron chi connectivity index (χ3n) is 3.04. The largest absolute Gasteiger partial charge is 0.356 e. The van der Waals surface area contributed by atoms with Gasteiger partial charge in [0.05, 0.1) is 4.47 Å². The maximum absolute atomic E-state index is 4.44. The molecule has 0 aromatic carbocycles. The number of aromatic nitrogens is 1. The van der Waals surface area contributed by atoms with Crippen LogP contribution in [0.15, 0.2) is 21.2 Å². The Morgan fingerprint density at radius 3 is 2.67 bits per heavy atom. The summed E-state index contributed by atoms with van der Waals surface area (Å²) in [4.78, 5) is 6.70. The van der Waals surface area contributed by atoms with Crippen molar-refractivity contribution in [2.45, 2.75) is 25.8 Å². The average Bonchev–Trinajstić information content (AvgIpc) is 2.99. The second kappa shape index (κ2) is 4.42. The summed E-state index contributed by atoms with van der Waals surface area (Å²) >= 11 is 6.96. The minimum absolute atomic E-state index is 0.579. The topological polar surface area (TPSA) is 16.1 Å². The van der Waals surface area contributed by atoms with Crippen LogP contribution in [0.4, 0.5) is 5.82 Å². The number of hydrogen-bond acceptors (Lipinski definition) is 2. The van der Waals surface area contributed by atoms with Crippen molar-refractivity contribution in [3.05, 3.63) is 21.2 Å². The van der Waals surface area contributed by atoms with Crippen LogP contribution in [0.1, 0.15) is 19.8 Å². The van der Waals surface area contributed by atoms with Crippen LogP contribution in [-0.4, -0.2) is 18.1 Å². The Kier molecular flexibility index (Phi) is 3.36. The van der Waals surface area contributed by atoms with Crippen LogP contribution in [0.25, 0.3) is 0 Å². The van der Waals surface area contributed by atoms with E-state index < -0.39 is 0 Å². The molecule has 1 aromatic rings. The molecule has 0 saturated heterocycles. The molecule has 0 spiro atoms. The van der Waals surface area contributed by atoms with Crippen LogP contribution >= 0.6 is 31.9 Å². The van der Waals surface area contributed by atoms with Crippen LogP contribution in [-0.2, 0) is 0 Å². The zero-order valence-electron chi connectivity index (χ0n) is 8.87. The lowest BCUT2D eigenvalue weighted by Crippen LogP contribution is -2.31. The first kappa shape index (κ1) is 11.4. The van der Waals surface area contributed by atoms with Crippen LogP contribution in [0.3, 0.4) is 0 Å². The van der Waals surface area contributed by atoms with Crippen LogP contribution in [0.5, 0.6) is 0 Å². The Labute approximate surface area is 107 Å². The molecule has 0 radical (unpaired) electrons. The molecule has 2 nitrogen and oxygen atoms in total. The smallest absolute Gasteiger partial charge is 0.142 e. The second-order valence-corrected chi connectivity index (χ2v) is 5.92. The van der Waals surface area contributed by atoms with Gasteiger partial charge >= 0.3 is 0 Å². The zero-order valence-corrected chi connectivity index (χ0v) is 12.0. The van der Waals surface area contributed by atoms with E-state index in [9.17, 15) is 0 Å². The zero-order chi connectivity index (χ0) is 11.0. The Morgan fingerprint density at radius 2 is 2.13 bits per heavy atom. The molecule has 1 heterocycles. The van der Waals surface area contributed by atoms with Gasteiger partial charge in [0, 0.05) is 23.8 Å². The molecule has 0 amide bonds. The van der Waals surface area contributed by atoms with E-state index in [1.807, 2.05) is 12.3 Å². The van der Waals surface area contributed by atoms with Crippen LogP contribution in [0.2, 0.25) is 0 Å². The molecule has 0 bridgehead atoms. The summed E-state index contributed by atoms with van der Waals surface area (Å²) in [6.45, 7) is 2.27. The molecule has 1 aliphatic carbocycles. The van der Waals surface area contributed by atoms with E-state index in [0.717, 1.165) is 20.7 Å². The summed E-state index contributed by atoms with van der Waals surface area (Å²) < 4.78 is 2.05. The molecule has 1 aliphatic rings. The number of nitrogens with zero attached hydrogens (tertiary/aromatic N) is 2. The van der Waals surface area contributed by atoms with Gasteiger partial charge in [-0.25, -0.2) is 4.98 Å². The van der Waals surface area contributed by atoms with E-state index in [1.165, 1.54) is 12.8 Å². The maximum atomic E-state index is 4.44. The molecule has 1 fully saturated rings. The van der Waals surface area contributed by atoms with E-state index in [1.54, 1.807) is 0 Å². The Morgan fingerprint density at radius 1 is 1.47 bits per heavy atom. The van der Waals surface area contributed by atoms with Gasteiger partial charge in [0.15, 0.2) is 0 Å². The van der Waals surface area contributed by atoms with Crippen molar-refractivity contribution in [1.29, 1.82) is 0 Å². The van der Waals surface area contributed by atoms with Crippen molar-refractivity contribution in [1.82, 2.24) is 4.98 Å². The molecular weight excluding hydrogens is 320 g/mol. The number of hydrogen-bond donors (Lipinski definition) is 0. The summed E-state index contributed by atoms with van der Waals surface area (Å²) in [5.74, 6) is 1.88. The van der Waals surface area contributed by atoms with Gasteiger partial charge in [0.25, 0.3) is 0 Å². The minimum atomic E-state index is 0.579. The van der Waals surface area contributed by atoms with Crippen LogP contribution < -0.4 is 4.90 Å². The fourth-order valence-corrected chi connectivity index (χ4v) is 3.02. The number of anilines is 1. The van der Waals surface area contributed by atoms with E-state index in [-0.39, 0.29) is 0 Å². The fraction of sp³-hybridized carbons (Fsp3) is 0.545. The molecule has 1 saturated carbocycles. The van der Waals surface area contributed by atoms with Gasteiger partial charge in [-0.2, -0.15) is 0 Å². The van der Waals surface area contributed by atoms with Crippen molar-refractivity contribution in [2.75, 3.05) is 11.9 Å². The van der Waals surface area contributed by atoms with Gasteiger partial charge in [0.2, 0.25) is 0 Å². The first-order valence-corrected chi connectivity index (χ1v) is 6.72. The summed E-state index contributed by atoms with van der Waals surface area (Å²) in [6, 6.07) is 2.62. The third-order valence-corrected chi connectivity index (χ3v) is 4.05. The van der Waals surface area contributed by atoms with Gasteiger partial charge in [-0.05, 0) is 63.6 Å². The number of halogens is 2. The number of pyridine rings is 1. The molecule has 1 aromatic heterocycles. The predicted molar refractivity (Wildman–Crippen MR) is 70.2 cm³/mol. The Hall–Kier alpha value is -0.0900. The average molecular weight is 334 g/mol. The summed E-state index contributed by atoms with van der Waals surface area (Å²) in [6.07, 6.45) is 4.56. The molecule has 2 rings (SSSR count). The summed E-state index contributed by atoms with van der Waals surface area (Å²) in [5, 5.41) is 0. The number of rotatable bonds is 3. The van der Waals surface area contributed by atoms with E-state index in [0.29, 0.717) is 6.04 Å². The standard InChI is InChI=1S/C11H14Br2N2/c1-7(8-3-4-8)15(2)11-10(13)5-9(12)6-14-11/h5-8H,3-4H2,1-2H3. The predicted octanol–water partition coefficient (Wildman–Crippen LogP) is 3.84. The van der Waals surface area contributed by atoms with E-state index >= 15 is 0 Å². The van der Waals surface area contributed by atoms with Gasteiger partial charge in [-0.1, -0.05) is 0 Å². The molecule has 1 unspecified atom stereocenters. The minimum Gasteiger partial charge on any atom is -0.356 e.